The summed E-state index contributed by atoms with van der Waals surface area (Å²) in [5.74, 6) is 0. The Bertz CT molecular complexity index is 172. The molecule has 12 heavy (non-hydrogen) atoms. The maximum absolute atomic E-state index is 10.9. The van der Waals surface area contributed by atoms with Gasteiger partial charge >= 0.3 is 11.5 Å². The minimum atomic E-state index is -0.837. The fourth-order valence-corrected chi connectivity index (χ4v) is 0.541. The van der Waals surface area contributed by atoms with Crippen LogP contribution in [0.25, 0.3) is 0 Å². The van der Waals surface area contributed by atoms with Crippen LogP contribution in [0.5, 0.6) is 0 Å². The van der Waals surface area contributed by atoms with Crippen LogP contribution in [0, 0.1) is 0 Å². The van der Waals surface area contributed by atoms with E-state index in [2.05, 4.69) is 4.74 Å². The normalized spacial score (nSPS) is 9.25. The third kappa shape index (κ3) is 4.18. The Morgan fingerprint density at radius 3 is 2.50 bits per heavy atom. The van der Waals surface area contributed by atoms with Gasteiger partial charge in [-0.2, -0.15) is 0 Å². The molecule has 0 saturated carbocycles. The highest BCUT2D eigenvalue weighted by Gasteiger charge is 2.14. The first-order valence-electron chi connectivity index (χ1n) is 3.69. The van der Waals surface area contributed by atoms with Crippen molar-refractivity contribution in [1.29, 1.82) is 0 Å². The van der Waals surface area contributed by atoms with E-state index in [1.54, 1.807) is 0 Å². The number of hydrogen-bond donors (Lipinski definition) is 0. The zero-order chi connectivity index (χ0) is 9.56. The number of hydrogen-bond acceptors (Lipinski definition) is 3. The molecule has 0 unspecified atom stereocenters. The van der Waals surface area contributed by atoms with Gasteiger partial charge in [0.1, 0.15) is 0 Å². The smallest absolute Gasteiger partial charge is 0.417 e. The largest absolute Gasteiger partial charge is 0.449 e. The maximum atomic E-state index is 10.9. The number of nitrogens with zero attached hydrogens (tertiary/aromatic N) is 1. The van der Waals surface area contributed by atoms with Gasteiger partial charge in [0.05, 0.1) is 6.61 Å². The van der Waals surface area contributed by atoms with Crippen LogP contribution >= 0.6 is 11.6 Å². The standard InChI is InChI=1S/C7H12ClNO3/c1-3-4-5-12-7(11)9(2)6(8)10/h3-5H2,1-2H3. The minimum Gasteiger partial charge on any atom is -0.449 e. The Hall–Kier alpha value is -0.770. The Balaban J connectivity index is 3.65. The lowest BCUT2D eigenvalue weighted by Gasteiger charge is -2.10. The first-order chi connectivity index (χ1) is 5.59. The molecule has 0 fully saturated rings. The second-order valence-corrected chi connectivity index (χ2v) is 2.60. The van der Waals surface area contributed by atoms with Crippen molar-refractivity contribution in [2.24, 2.45) is 0 Å². The predicted octanol–water partition coefficient (Wildman–Crippen LogP) is 2.21. The monoisotopic (exact) mass is 193 g/mol. The van der Waals surface area contributed by atoms with Gasteiger partial charge in [-0.25, -0.2) is 9.69 Å². The van der Waals surface area contributed by atoms with Gasteiger partial charge in [0.15, 0.2) is 0 Å². The van der Waals surface area contributed by atoms with Crippen molar-refractivity contribution in [3.8, 4) is 0 Å². The molecule has 0 heterocycles. The zero-order valence-electron chi connectivity index (χ0n) is 7.17. The quantitative estimate of drug-likeness (QED) is 0.392. The van der Waals surface area contributed by atoms with Gasteiger partial charge in [0.2, 0.25) is 0 Å². The molecule has 0 atom stereocenters. The molecule has 0 aromatic heterocycles. The van der Waals surface area contributed by atoms with Crippen LogP contribution in [-0.4, -0.2) is 30.0 Å². The molecule has 0 saturated heterocycles. The van der Waals surface area contributed by atoms with Gasteiger partial charge < -0.3 is 4.74 Å². The number of rotatable bonds is 3. The first kappa shape index (κ1) is 11.2. The van der Waals surface area contributed by atoms with Crippen LogP contribution in [0.15, 0.2) is 0 Å². The van der Waals surface area contributed by atoms with E-state index in [1.807, 2.05) is 6.92 Å². The Labute approximate surface area is 76.4 Å². The SMILES string of the molecule is CCCCOC(=O)N(C)C(=O)Cl. The molecule has 0 aromatic rings. The van der Waals surface area contributed by atoms with E-state index in [-0.39, 0.29) is 0 Å². The zero-order valence-corrected chi connectivity index (χ0v) is 7.93. The van der Waals surface area contributed by atoms with Crippen LogP contribution in [-0.2, 0) is 4.74 Å². The Morgan fingerprint density at radius 2 is 2.08 bits per heavy atom. The third-order valence-corrected chi connectivity index (χ3v) is 1.51. The Kier molecular flexibility index (Phi) is 5.45. The summed E-state index contributed by atoms with van der Waals surface area (Å²) in [6, 6.07) is 0. The number of halogens is 1. The molecule has 5 heteroatoms. The summed E-state index contributed by atoms with van der Waals surface area (Å²) in [6.07, 6.45) is 1.02. The van der Waals surface area contributed by atoms with E-state index >= 15 is 0 Å². The molecular weight excluding hydrogens is 182 g/mol. The molecule has 0 spiro atoms. The van der Waals surface area contributed by atoms with E-state index in [1.165, 1.54) is 7.05 Å². The summed E-state index contributed by atoms with van der Waals surface area (Å²) in [5.41, 5.74) is 0. The molecular formula is C7H12ClNO3. The van der Waals surface area contributed by atoms with Crippen LogP contribution in [0.2, 0.25) is 0 Å². The van der Waals surface area contributed by atoms with Crippen molar-refractivity contribution in [3.05, 3.63) is 0 Å². The van der Waals surface area contributed by atoms with Crippen molar-refractivity contribution in [2.45, 2.75) is 19.8 Å². The number of carbonyl (C=O) groups excluding carboxylic acids is 2. The molecule has 2 amide bonds. The number of imide groups is 1. The van der Waals surface area contributed by atoms with Gasteiger partial charge in [0.25, 0.3) is 0 Å². The van der Waals surface area contributed by atoms with Crippen LogP contribution in [0.3, 0.4) is 0 Å². The van der Waals surface area contributed by atoms with E-state index in [0.717, 1.165) is 17.7 Å². The summed E-state index contributed by atoms with van der Waals surface area (Å²) in [7, 11) is 1.27. The van der Waals surface area contributed by atoms with Crippen molar-refractivity contribution < 1.29 is 14.3 Å². The maximum Gasteiger partial charge on any atom is 0.417 e. The van der Waals surface area contributed by atoms with Crippen LogP contribution in [0.1, 0.15) is 19.8 Å². The molecule has 0 bridgehead atoms. The molecule has 0 aliphatic rings. The van der Waals surface area contributed by atoms with Crippen LogP contribution in [0.4, 0.5) is 9.59 Å². The van der Waals surface area contributed by atoms with Crippen molar-refractivity contribution >= 4 is 23.1 Å². The van der Waals surface area contributed by atoms with E-state index < -0.39 is 11.5 Å². The summed E-state index contributed by atoms with van der Waals surface area (Å²) >= 11 is 5.02. The highest BCUT2D eigenvalue weighted by atomic mass is 35.5. The summed E-state index contributed by atoms with van der Waals surface area (Å²) < 4.78 is 4.69. The average Bonchev–Trinajstić information content (AvgIpc) is 2.03. The lowest BCUT2D eigenvalue weighted by Crippen LogP contribution is -2.29. The van der Waals surface area contributed by atoms with Gasteiger partial charge in [0, 0.05) is 7.05 Å². The summed E-state index contributed by atoms with van der Waals surface area (Å²) in [6.45, 7) is 2.30. The van der Waals surface area contributed by atoms with E-state index in [9.17, 15) is 9.59 Å². The molecule has 0 aliphatic heterocycles. The topological polar surface area (TPSA) is 46.6 Å². The van der Waals surface area contributed by atoms with Gasteiger partial charge in [-0.1, -0.05) is 13.3 Å². The minimum absolute atomic E-state index is 0.323. The van der Waals surface area contributed by atoms with Gasteiger partial charge in [-0.3, -0.25) is 4.79 Å². The van der Waals surface area contributed by atoms with Crippen molar-refractivity contribution in [1.82, 2.24) is 4.90 Å². The number of ether oxygens (including phenoxy) is 1. The number of unbranched alkanes of at least 4 members (excludes halogenated alkanes) is 1. The first-order valence-corrected chi connectivity index (χ1v) is 4.07. The average molecular weight is 194 g/mol. The van der Waals surface area contributed by atoms with Crippen molar-refractivity contribution in [2.75, 3.05) is 13.7 Å². The molecule has 0 N–H and O–H groups in total. The third-order valence-electron chi connectivity index (χ3n) is 1.26. The summed E-state index contributed by atoms with van der Waals surface area (Å²) in [4.78, 5) is 22.0. The molecule has 0 aliphatic carbocycles. The lowest BCUT2D eigenvalue weighted by atomic mass is 10.4. The summed E-state index contributed by atoms with van der Waals surface area (Å²) in [5, 5.41) is -0.837. The number of carbonyl (C=O) groups is 2. The second kappa shape index (κ2) is 5.83. The number of amides is 2. The van der Waals surface area contributed by atoms with Gasteiger partial charge in [-0.05, 0) is 18.0 Å². The fourth-order valence-electron chi connectivity index (χ4n) is 0.472. The molecule has 0 aromatic carbocycles. The van der Waals surface area contributed by atoms with Gasteiger partial charge in [-0.15, -0.1) is 0 Å². The molecule has 4 nitrogen and oxygen atoms in total. The molecule has 0 radical (unpaired) electrons. The van der Waals surface area contributed by atoms with E-state index in [4.69, 9.17) is 11.6 Å². The second-order valence-electron chi connectivity index (χ2n) is 2.28. The van der Waals surface area contributed by atoms with Crippen molar-refractivity contribution in [3.63, 3.8) is 0 Å². The highest BCUT2D eigenvalue weighted by molar-refractivity contribution is 6.63. The highest BCUT2D eigenvalue weighted by Crippen LogP contribution is 1.97. The Morgan fingerprint density at radius 1 is 1.50 bits per heavy atom. The lowest BCUT2D eigenvalue weighted by molar-refractivity contribution is 0.120. The molecule has 0 rings (SSSR count). The van der Waals surface area contributed by atoms with E-state index in [0.29, 0.717) is 6.61 Å². The predicted molar refractivity (Wildman–Crippen MR) is 45.3 cm³/mol. The fraction of sp³-hybridized carbons (Fsp3) is 0.714. The van der Waals surface area contributed by atoms with Crippen LogP contribution < -0.4 is 0 Å². The molecule has 70 valence electrons.